The standard InChI is InChI=1S/C21H26N2O3/c1-21(25,16-8-11-18(26-2)12-9-16)19-7-5-15-23(19)20(24)13-10-17-6-3-4-14-22-17/h3-4,6,8-9,11-12,14,19,25H,5,7,10,13,15H2,1-2H3/t19-,21+/m1/s1. The van der Waals surface area contributed by atoms with Gasteiger partial charge >= 0.3 is 0 Å². The average Bonchev–Trinajstić information content (AvgIpc) is 3.18. The number of benzene rings is 1. The first-order chi connectivity index (χ1) is 12.5. The van der Waals surface area contributed by atoms with Crippen molar-refractivity contribution >= 4 is 5.91 Å². The number of rotatable bonds is 6. The molecule has 3 rings (SSSR count). The van der Waals surface area contributed by atoms with Crippen molar-refractivity contribution in [2.45, 2.75) is 44.2 Å². The molecule has 5 heteroatoms. The van der Waals surface area contributed by atoms with Crippen molar-refractivity contribution in [3.63, 3.8) is 0 Å². The van der Waals surface area contributed by atoms with E-state index in [0.717, 1.165) is 29.8 Å². The summed E-state index contributed by atoms with van der Waals surface area (Å²) in [5.41, 5.74) is 0.620. The molecule has 5 nitrogen and oxygen atoms in total. The number of methoxy groups -OCH3 is 1. The van der Waals surface area contributed by atoms with Crippen LogP contribution in [-0.2, 0) is 16.8 Å². The van der Waals surface area contributed by atoms with Gasteiger partial charge in [0.05, 0.1) is 13.2 Å². The Labute approximate surface area is 154 Å². The zero-order valence-electron chi connectivity index (χ0n) is 15.4. The highest BCUT2D eigenvalue weighted by atomic mass is 16.5. The Morgan fingerprint density at radius 2 is 2.08 bits per heavy atom. The topological polar surface area (TPSA) is 62.7 Å². The highest BCUT2D eigenvalue weighted by molar-refractivity contribution is 5.77. The van der Waals surface area contributed by atoms with E-state index < -0.39 is 5.60 Å². The van der Waals surface area contributed by atoms with Crippen molar-refractivity contribution in [2.75, 3.05) is 13.7 Å². The summed E-state index contributed by atoms with van der Waals surface area (Å²) in [5.74, 6) is 0.825. The Morgan fingerprint density at radius 1 is 1.31 bits per heavy atom. The van der Waals surface area contributed by atoms with E-state index in [2.05, 4.69) is 4.98 Å². The van der Waals surface area contributed by atoms with Crippen molar-refractivity contribution in [1.29, 1.82) is 0 Å². The van der Waals surface area contributed by atoms with Gasteiger partial charge in [0.2, 0.25) is 5.91 Å². The van der Waals surface area contributed by atoms with Crippen LogP contribution in [0.4, 0.5) is 0 Å². The SMILES string of the molecule is COc1ccc([C@](C)(O)[C@H]2CCCN2C(=O)CCc2ccccn2)cc1. The number of aromatic nitrogens is 1. The van der Waals surface area contributed by atoms with Crippen molar-refractivity contribution in [1.82, 2.24) is 9.88 Å². The normalized spacial score (nSPS) is 19.2. The molecule has 0 aliphatic carbocycles. The molecule has 2 atom stereocenters. The first kappa shape index (κ1) is 18.4. The number of likely N-dealkylation sites (tertiary alicyclic amines) is 1. The molecule has 0 unspecified atom stereocenters. The van der Waals surface area contributed by atoms with E-state index in [4.69, 9.17) is 4.74 Å². The fourth-order valence-electron chi connectivity index (χ4n) is 3.70. The van der Waals surface area contributed by atoms with Gasteiger partial charge in [-0.1, -0.05) is 18.2 Å². The third-order valence-corrected chi connectivity index (χ3v) is 5.22. The minimum absolute atomic E-state index is 0.0759. The molecule has 0 saturated carbocycles. The number of hydrogen-bond acceptors (Lipinski definition) is 4. The first-order valence-corrected chi connectivity index (χ1v) is 9.08. The maximum absolute atomic E-state index is 12.8. The van der Waals surface area contributed by atoms with Crippen molar-refractivity contribution < 1.29 is 14.6 Å². The Morgan fingerprint density at radius 3 is 2.73 bits per heavy atom. The van der Waals surface area contributed by atoms with Crippen LogP contribution >= 0.6 is 0 Å². The molecule has 2 aromatic rings. The molecule has 0 bridgehead atoms. The molecule has 1 saturated heterocycles. The summed E-state index contributed by atoms with van der Waals surface area (Å²) in [5, 5.41) is 11.2. The van der Waals surface area contributed by atoms with E-state index in [-0.39, 0.29) is 11.9 Å². The largest absolute Gasteiger partial charge is 0.497 e. The quantitative estimate of drug-likeness (QED) is 0.866. The fraction of sp³-hybridized carbons (Fsp3) is 0.429. The van der Waals surface area contributed by atoms with Crippen LogP contribution in [0.3, 0.4) is 0 Å². The van der Waals surface area contributed by atoms with Gasteiger partial charge in [-0.2, -0.15) is 0 Å². The third kappa shape index (κ3) is 3.88. The summed E-state index contributed by atoms with van der Waals surface area (Å²) in [6.45, 7) is 2.49. The molecule has 138 valence electrons. The number of nitrogens with zero attached hydrogens (tertiary/aromatic N) is 2. The number of pyridine rings is 1. The summed E-state index contributed by atoms with van der Waals surface area (Å²) in [6, 6.07) is 12.9. The van der Waals surface area contributed by atoms with Crippen LogP contribution in [0, 0.1) is 0 Å². The van der Waals surface area contributed by atoms with Crippen LogP contribution in [0.5, 0.6) is 5.75 Å². The van der Waals surface area contributed by atoms with Crippen molar-refractivity contribution in [3.05, 3.63) is 59.9 Å². The molecule has 1 aliphatic heterocycles. The van der Waals surface area contributed by atoms with Gasteiger partial charge in [-0.15, -0.1) is 0 Å². The van der Waals surface area contributed by atoms with Crippen LogP contribution in [0.2, 0.25) is 0 Å². The molecule has 1 aromatic heterocycles. The smallest absolute Gasteiger partial charge is 0.223 e. The average molecular weight is 354 g/mol. The van der Waals surface area contributed by atoms with E-state index in [1.54, 1.807) is 20.2 Å². The van der Waals surface area contributed by atoms with Gasteiger partial charge < -0.3 is 14.7 Å². The molecule has 0 spiro atoms. The second kappa shape index (κ2) is 7.87. The van der Waals surface area contributed by atoms with E-state index in [9.17, 15) is 9.90 Å². The number of hydrogen-bond donors (Lipinski definition) is 1. The van der Waals surface area contributed by atoms with Gasteiger partial charge in [-0.05, 0) is 56.0 Å². The van der Waals surface area contributed by atoms with Crippen LogP contribution in [0.1, 0.15) is 37.4 Å². The molecular formula is C21H26N2O3. The second-order valence-electron chi connectivity index (χ2n) is 6.94. The highest BCUT2D eigenvalue weighted by Crippen LogP contribution is 2.35. The maximum atomic E-state index is 12.8. The molecule has 1 fully saturated rings. The summed E-state index contributed by atoms with van der Waals surface area (Å²) in [4.78, 5) is 18.9. The van der Waals surface area contributed by atoms with Gasteiger partial charge in [0.25, 0.3) is 0 Å². The predicted molar refractivity (Wildman–Crippen MR) is 99.9 cm³/mol. The summed E-state index contributed by atoms with van der Waals surface area (Å²) in [7, 11) is 1.62. The van der Waals surface area contributed by atoms with Crippen LogP contribution < -0.4 is 4.74 Å². The van der Waals surface area contributed by atoms with Gasteiger partial charge in [-0.25, -0.2) is 0 Å². The second-order valence-corrected chi connectivity index (χ2v) is 6.94. The molecule has 1 N–H and O–H groups in total. The zero-order chi connectivity index (χ0) is 18.6. The molecule has 1 amide bonds. The minimum atomic E-state index is -1.09. The molecule has 26 heavy (non-hydrogen) atoms. The molecule has 0 radical (unpaired) electrons. The lowest BCUT2D eigenvalue weighted by atomic mass is 9.86. The Hall–Kier alpha value is -2.40. The van der Waals surface area contributed by atoms with Crippen LogP contribution in [0.15, 0.2) is 48.7 Å². The maximum Gasteiger partial charge on any atom is 0.223 e. The van der Waals surface area contributed by atoms with Crippen LogP contribution in [-0.4, -0.2) is 40.6 Å². The monoisotopic (exact) mass is 354 g/mol. The summed E-state index contributed by atoms with van der Waals surface area (Å²) < 4.78 is 5.19. The van der Waals surface area contributed by atoms with Crippen molar-refractivity contribution in [3.8, 4) is 5.75 Å². The Bertz CT molecular complexity index is 729. The number of carbonyl (C=O) groups excluding carboxylic acids is 1. The number of carbonyl (C=O) groups is 1. The zero-order valence-corrected chi connectivity index (χ0v) is 15.4. The van der Waals surface area contributed by atoms with Gasteiger partial charge in [-0.3, -0.25) is 9.78 Å². The van der Waals surface area contributed by atoms with Gasteiger partial charge in [0.1, 0.15) is 11.4 Å². The number of aryl methyl sites for hydroxylation is 1. The highest BCUT2D eigenvalue weighted by Gasteiger charge is 2.42. The molecule has 1 aromatic carbocycles. The van der Waals surface area contributed by atoms with E-state index in [1.807, 2.05) is 47.4 Å². The van der Waals surface area contributed by atoms with Crippen molar-refractivity contribution in [2.24, 2.45) is 0 Å². The van der Waals surface area contributed by atoms with E-state index in [0.29, 0.717) is 19.4 Å². The Balaban J connectivity index is 1.70. The molecule has 2 heterocycles. The van der Waals surface area contributed by atoms with E-state index in [1.165, 1.54) is 0 Å². The minimum Gasteiger partial charge on any atom is -0.497 e. The summed E-state index contributed by atoms with van der Waals surface area (Å²) >= 11 is 0. The lowest BCUT2D eigenvalue weighted by molar-refractivity contribution is -0.137. The lowest BCUT2D eigenvalue weighted by Gasteiger charge is -2.37. The first-order valence-electron chi connectivity index (χ1n) is 9.08. The van der Waals surface area contributed by atoms with Gasteiger partial charge in [0.15, 0.2) is 0 Å². The number of aliphatic hydroxyl groups is 1. The fourth-order valence-corrected chi connectivity index (χ4v) is 3.70. The predicted octanol–water partition coefficient (Wildman–Crippen LogP) is 2.92. The number of ether oxygens (including phenoxy) is 1. The van der Waals surface area contributed by atoms with E-state index >= 15 is 0 Å². The van der Waals surface area contributed by atoms with Crippen LogP contribution in [0.25, 0.3) is 0 Å². The number of amides is 1. The Kier molecular flexibility index (Phi) is 5.57. The summed E-state index contributed by atoms with van der Waals surface area (Å²) in [6.07, 6.45) is 4.48. The van der Waals surface area contributed by atoms with Gasteiger partial charge in [0, 0.05) is 24.9 Å². The lowest BCUT2D eigenvalue weighted by Crippen LogP contribution is -2.48. The molecular weight excluding hydrogens is 328 g/mol. The third-order valence-electron chi connectivity index (χ3n) is 5.22. The molecule has 1 aliphatic rings.